The average Bonchev–Trinajstić information content (AvgIpc) is 2.94. The van der Waals surface area contributed by atoms with Crippen LogP contribution in [-0.4, -0.2) is 10.1 Å². The van der Waals surface area contributed by atoms with Gasteiger partial charge in [-0.15, -0.1) is 11.8 Å². The van der Waals surface area contributed by atoms with E-state index in [4.69, 9.17) is 10.3 Å². The first-order chi connectivity index (χ1) is 10.2. The second-order valence-corrected chi connectivity index (χ2v) is 5.80. The number of rotatable bonds is 4. The zero-order valence-electron chi connectivity index (χ0n) is 11.6. The summed E-state index contributed by atoms with van der Waals surface area (Å²) >= 11 is 1.63. The Kier molecular flexibility index (Phi) is 3.92. The van der Waals surface area contributed by atoms with Crippen molar-refractivity contribution < 1.29 is 4.52 Å². The Morgan fingerprint density at radius 2 is 2.00 bits per heavy atom. The summed E-state index contributed by atoms with van der Waals surface area (Å²) < 4.78 is 5.32. The van der Waals surface area contributed by atoms with Gasteiger partial charge in [-0.3, -0.25) is 0 Å². The lowest BCUT2D eigenvalue weighted by Gasteiger charge is -1.99. The van der Waals surface area contributed by atoms with Gasteiger partial charge in [-0.2, -0.15) is 4.98 Å². The molecule has 0 aliphatic rings. The lowest BCUT2D eigenvalue weighted by molar-refractivity contribution is 0.425. The number of aromatic nitrogens is 2. The van der Waals surface area contributed by atoms with Crippen molar-refractivity contribution in [3.8, 4) is 11.5 Å². The van der Waals surface area contributed by atoms with Crippen LogP contribution in [0.5, 0.6) is 0 Å². The van der Waals surface area contributed by atoms with Crippen LogP contribution in [0.1, 0.15) is 11.4 Å². The molecule has 0 saturated carbocycles. The molecular weight excluding hydrogens is 282 g/mol. The van der Waals surface area contributed by atoms with E-state index in [9.17, 15) is 0 Å². The molecule has 0 fully saturated rings. The fourth-order valence-electron chi connectivity index (χ4n) is 1.96. The molecule has 4 nitrogen and oxygen atoms in total. The van der Waals surface area contributed by atoms with Crippen LogP contribution in [0.4, 0.5) is 5.69 Å². The van der Waals surface area contributed by atoms with Gasteiger partial charge in [-0.25, -0.2) is 0 Å². The third-order valence-corrected chi connectivity index (χ3v) is 3.95. The summed E-state index contributed by atoms with van der Waals surface area (Å²) in [5.74, 6) is 1.89. The highest BCUT2D eigenvalue weighted by Crippen LogP contribution is 2.25. The molecule has 21 heavy (non-hydrogen) atoms. The molecule has 0 atom stereocenters. The summed E-state index contributed by atoms with van der Waals surface area (Å²) in [6.45, 7) is 2.04. The van der Waals surface area contributed by atoms with Crippen LogP contribution in [-0.2, 0) is 5.75 Å². The number of anilines is 1. The second kappa shape index (κ2) is 6.01. The third-order valence-electron chi connectivity index (χ3n) is 2.96. The number of nitrogen functional groups attached to an aromatic ring is 1. The smallest absolute Gasteiger partial charge is 0.257 e. The molecule has 5 heteroatoms. The van der Waals surface area contributed by atoms with Gasteiger partial charge in [0.05, 0.1) is 5.75 Å². The van der Waals surface area contributed by atoms with Crippen LogP contribution in [0.15, 0.2) is 57.9 Å². The van der Waals surface area contributed by atoms with E-state index in [0.29, 0.717) is 17.5 Å². The van der Waals surface area contributed by atoms with E-state index in [2.05, 4.69) is 10.1 Å². The van der Waals surface area contributed by atoms with E-state index in [1.54, 1.807) is 11.8 Å². The van der Waals surface area contributed by atoms with Crippen LogP contribution in [0, 0.1) is 6.92 Å². The van der Waals surface area contributed by atoms with Gasteiger partial charge in [-0.05, 0) is 37.3 Å². The van der Waals surface area contributed by atoms with Crippen LogP contribution in [0.3, 0.4) is 0 Å². The third kappa shape index (κ3) is 3.44. The summed E-state index contributed by atoms with van der Waals surface area (Å²) in [7, 11) is 0. The monoisotopic (exact) mass is 297 g/mol. The quantitative estimate of drug-likeness (QED) is 0.584. The lowest BCUT2D eigenvalue weighted by Crippen LogP contribution is -1.86. The molecule has 0 bridgehead atoms. The van der Waals surface area contributed by atoms with Crippen LogP contribution < -0.4 is 5.73 Å². The van der Waals surface area contributed by atoms with Crippen LogP contribution in [0.25, 0.3) is 11.5 Å². The Labute approximate surface area is 127 Å². The van der Waals surface area contributed by atoms with Crippen molar-refractivity contribution in [3.05, 3.63) is 59.9 Å². The van der Waals surface area contributed by atoms with Gasteiger partial charge in [-0.1, -0.05) is 28.9 Å². The van der Waals surface area contributed by atoms with Gasteiger partial charge < -0.3 is 10.3 Å². The largest absolute Gasteiger partial charge is 0.399 e. The summed E-state index contributed by atoms with van der Waals surface area (Å²) in [6, 6.07) is 15.8. The van der Waals surface area contributed by atoms with E-state index in [-0.39, 0.29) is 0 Å². The zero-order chi connectivity index (χ0) is 14.7. The Balaban J connectivity index is 1.71. The van der Waals surface area contributed by atoms with E-state index in [1.165, 1.54) is 5.56 Å². The van der Waals surface area contributed by atoms with Crippen molar-refractivity contribution in [2.45, 2.75) is 17.6 Å². The van der Waals surface area contributed by atoms with E-state index in [0.717, 1.165) is 16.1 Å². The zero-order valence-corrected chi connectivity index (χ0v) is 12.4. The summed E-state index contributed by atoms with van der Waals surface area (Å²) in [5, 5.41) is 4.02. The molecule has 3 aromatic rings. The molecule has 0 spiro atoms. The molecular formula is C16H15N3OS. The van der Waals surface area contributed by atoms with Gasteiger partial charge in [0, 0.05) is 16.1 Å². The van der Waals surface area contributed by atoms with Gasteiger partial charge in [0.25, 0.3) is 5.89 Å². The maximum atomic E-state index is 5.76. The molecule has 1 heterocycles. The standard InChI is InChI=1S/C16H15N3OS/c1-11-4-2-5-12(8-11)16-18-15(19-20-16)10-21-14-7-3-6-13(17)9-14/h2-9H,10,17H2,1H3. The van der Waals surface area contributed by atoms with Gasteiger partial charge >= 0.3 is 0 Å². The molecule has 2 N–H and O–H groups in total. The SMILES string of the molecule is Cc1cccc(-c2nc(CSc3cccc(N)c3)no2)c1. The first-order valence-electron chi connectivity index (χ1n) is 6.59. The number of aryl methyl sites for hydroxylation is 1. The summed E-state index contributed by atoms with van der Waals surface area (Å²) in [4.78, 5) is 5.52. The minimum atomic E-state index is 0.557. The van der Waals surface area contributed by atoms with Crippen LogP contribution >= 0.6 is 11.8 Å². The molecule has 106 valence electrons. The maximum Gasteiger partial charge on any atom is 0.257 e. The number of hydrogen-bond donors (Lipinski definition) is 1. The Morgan fingerprint density at radius 1 is 1.14 bits per heavy atom. The van der Waals surface area contributed by atoms with Gasteiger partial charge in [0.15, 0.2) is 5.82 Å². The number of benzene rings is 2. The van der Waals surface area contributed by atoms with Crippen molar-refractivity contribution in [3.63, 3.8) is 0 Å². The van der Waals surface area contributed by atoms with E-state index in [1.807, 2.05) is 55.5 Å². The van der Waals surface area contributed by atoms with Crippen molar-refractivity contribution in [1.29, 1.82) is 0 Å². The molecule has 1 aromatic heterocycles. The van der Waals surface area contributed by atoms with Crippen molar-refractivity contribution in [2.24, 2.45) is 0 Å². The van der Waals surface area contributed by atoms with Crippen molar-refractivity contribution >= 4 is 17.4 Å². The normalized spacial score (nSPS) is 10.7. The molecule has 0 unspecified atom stereocenters. The fraction of sp³-hybridized carbons (Fsp3) is 0.125. The fourth-order valence-corrected chi connectivity index (χ4v) is 2.77. The van der Waals surface area contributed by atoms with Crippen molar-refractivity contribution in [1.82, 2.24) is 10.1 Å². The molecule has 0 aliphatic carbocycles. The number of nitrogens with two attached hydrogens (primary N) is 1. The predicted molar refractivity (Wildman–Crippen MR) is 84.9 cm³/mol. The molecule has 0 amide bonds. The number of nitrogens with zero attached hydrogens (tertiary/aromatic N) is 2. The average molecular weight is 297 g/mol. The molecule has 2 aromatic carbocycles. The van der Waals surface area contributed by atoms with E-state index >= 15 is 0 Å². The molecule has 0 aliphatic heterocycles. The summed E-state index contributed by atoms with van der Waals surface area (Å²) in [6.07, 6.45) is 0. The maximum absolute atomic E-state index is 5.76. The molecule has 0 saturated heterocycles. The first kappa shape index (κ1) is 13.7. The highest BCUT2D eigenvalue weighted by Gasteiger charge is 2.09. The Hall–Kier alpha value is -2.27. The van der Waals surface area contributed by atoms with E-state index < -0.39 is 0 Å². The highest BCUT2D eigenvalue weighted by molar-refractivity contribution is 7.98. The van der Waals surface area contributed by atoms with Gasteiger partial charge in [0.2, 0.25) is 0 Å². The molecule has 0 radical (unpaired) electrons. The Morgan fingerprint density at radius 3 is 2.81 bits per heavy atom. The lowest BCUT2D eigenvalue weighted by atomic mass is 10.1. The Bertz CT molecular complexity index is 755. The second-order valence-electron chi connectivity index (χ2n) is 4.75. The predicted octanol–water partition coefficient (Wildman–Crippen LogP) is 3.92. The number of hydrogen-bond acceptors (Lipinski definition) is 5. The highest BCUT2D eigenvalue weighted by atomic mass is 32.2. The number of thioether (sulfide) groups is 1. The first-order valence-corrected chi connectivity index (χ1v) is 7.57. The van der Waals surface area contributed by atoms with Crippen molar-refractivity contribution in [2.75, 3.05) is 5.73 Å². The minimum Gasteiger partial charge on any atom is -0.399 e. The van der Waals surface area contributed by atoms with Gasteiger partial charge in [0.1, 0.15) is 0 Å². The van der Waals surface area contributed by atoms with Crippen LogP contribution in [0.2, 0.25) is 0 Å². The minimum absolute atomic E-state index is 0.557. The summed E-state index contributed by atoms with van der Waals surface area (Å²) in [5.41, 5.74) is 8.63. The molecule has 3 rings (SSSR count). The topological polar surface area (TPSA) is 64.9 Å².